The second-order valence-electron chi connectivity index (χ2n) is 8.60. The Labute approximate surface area is 220 Å². The summed E-state index contributed by atoms with van der Waals surface area (Å²) in [7, 11) is 1.62. The molecule has 4 rings (SSSR count). The molecule has 2 heterocycles. The number of nitrogens with zero attached hydrogens (tertiary/aromatic N) is 2. The maximum atomic E-state index is 13.8. The summed E-state index contributed by atoms with van der Waals surface area (Å²) in [5.74, 6) is -0.338. The molecule has 3 aromatic rings. The standard InChI is InChI=1S/C27H28Cl2N2O3S/c1-18-6-3-4-7-20(18)26-21-11-15-35-24(21)10-13-31(26)25(32)17-30(12-5-14-34-2)27(33)19-8-9-22(28)23(29)16-19/h3-4,6-9,11,15-16,26H,5,10,12-14,17H2,1-2H3. The van der Waals surface area contributed by atoms with Gasteiger partial charge in [0, 0.05) is 37.2 Å². The number of hydrogen-bond acceptors (Lipinski definition) is 4. The number of carbonyl (C=O) groups is 2. The number of fused-ring (bicyclic) bond motifs is 1. The highest BCUT2D eigenvalue weighted by atomic mass is 35.5. The number of hydrogen-bond donors (Lipinski definition) is 0. The lowest BCUT2D eigenvalue weighted by atomic mass is 9.90. The molecule has 5 nitrogen and oxygen atoms in total. The Morgan fingerprint density at radius 3 is 2.66 bits per heavy atom. The van der Waals surface area contributed by atoms with Crippen molar-refractivity contribution in [2.24, 2.45) is 0 Å². The van der Waals surface area contributed by atoms with Crippen LogP contribution in [0.5, 0.6) is 0 Å². The summed E-state index contributed by atoms with van der Waals surface area (Å²) >= 11 is 13.9. The lowest BCUT2D eigenvalue weighted by Crippen LogP contribution is -2.47. The molecule has 8 heteroatoms. The van der Waals surface area contributed by atoms with Gasteiger partial charge in [0.2, 0.25) is 5.91 Å². The highest BCUT2D eigenvalue weighted by Crippen LogP contribution is 2.39. The third-order valence-electron chi connectivity index (χ3n) is 6.33. The molecule has 1 unspecified atom stereocenters. The molecule has 2 amide bonds. The summed E-state index contributed by atoms with van der Waals surface area (Å²) in [5.41, 5.74) is 3.82. The van der Waals surface area contributed by atoms with E-state index >= 15 is 0 Å². The summed E-state index contributed by atoms with van der Waals surface area (Å²) in [5, 5.41) is 2.78. The van der Waals surface area contributed by atoms with Gasteiger partial charge in [-0.15, -0.1) is 11.3 Å². The molecule has 2 aromatic carbocycles. The minimum atomic E-state index is -0.256. The monoisotopic (exact) mass is 530 g/mol. The number of benzene rings is 2. The fourth-order valence-corrected chi connectivity index (χ4v) is 5.73. The summed E-state index contributed by atoms with van der Waals surface area (Å²) in [6, 6.07) is 14.9. The molecule has 0 bridgehead atoms. The molecule has 0 aliphatic carbocycles. The van der Waals surface area contributed by atoms with Crippen LogP contribution in [0, 0.1) is 6.92 Å². The highest BCUT2D eigenvalue weighted by molar-refractivity contribution is 7.10. The highest BCUT2D eigenvalue weighted by Gasteiger charge is 2.34. The van der Waals surface area contributed by atoms with E-state index in [4.69, 9.17) is 27.9 Å². The summed E-state index contributed by atoms with van der Waals surface area (Å²) in [6.07, 6.45) is 1.43. The van der Waals surface area contributed by atoms with Crippen molar-refractivity contribution in [2.75, 3.05) is 33.4 Å². The van der Waals surface area contributed by atoms with Crippen LogP contribution in [0.2, 0.25) is 10.0 Å². The first-order valence-electron chi connectivity index (χ1n) is 11.5. The molecule has 1 aliphatic heterocycles. The molecule has 0 radical (unpaired) electrons. The van der Waals surface area contributed by atoms with E-state index in [-0.39, 0.29) is 24.4 Å². The van der Waals surface area contributed by atoms with E-state index in [0.29, 0.717) is 41.7 Å². The number of thiophene rings is 1. The first kappa shape index (κ1) is 25.7. The predicted octanol–water partition coefficient (Wildman–Crippen LogP) is 6.02. The Morgan fingerprint density at radius 1 is 1.11 bits per heavy atom. The number of carbonyl (C=O) groups excluding carboxylic acids is 2. The van der Waals surface area contributed by atoms with E-state index in [2.05, 4.69) is 30.5 Å². The van der Waals surface area contributed by atoms with E-state index < -0.39 is 0 Å². The molecular weight excluding hydrogens is 503 g/mol. The van der Waals surface area contributed by atoms with Crippen LogP contribution in [-0.4, -0.2) is 55.0 Å². The van der Waals surface area contributed by atoms with Gasteiger partial charge in [-0.3, -0.25) is 9.59 Å². The van der Waals surface area contributed by atoms with E-state index in [1.165, 1.54) is 10.4 Å². The second kappa shape index (κ2) is 11.6. The first-order chi connectivity index (χ1) is 16.9. The predicted molar refractivity (Wildman–Crippen MR) is 142 cm³/mol. The number of amides is 2. The Kier molecular flexibility index (Phi) is 8.50. The van der Waals surface area contributed by atoms with Crippen molar-refractivity contribution >= 4 is 46.4 Å². The SMILES string of the molecule is COCCCN(CC(=O)N1CCc2sccc2C1c1ccccc1C)C(=O)c1ccc(Cl)c(Cl)c1. The van der Waals surface area contributed by atoms with E-state index in [9.17, 15) is 9.59 Å². The lowest BCUT2D eigenvalue weighted by Gasteiger charge is -2.38. The quantitative estimate of drug-likeness (QED) is 0.334. The Bertz CT molecular complexity index is 1210. The largest absolute Gasteiger partial charge is 0.385 e. The summed E-state index contributed by atoms with van der Waals surface area (Å²) in [4.78, 5) is 32.0. The molecule has 0 N–H and O–H groups in total. The fourth-order valence-electron chi connectivity index (χ4n) is 4.53. The molecule has 35 heavy (non-hydrogen) atoms. The maximum Gasteiger partial charge on any atom is 0.254 e. The summed E-state index contributed by atoms with van der Waals surface area (Å²) in [6.45, 7) is 3.55. The van der Waals surface area contributed by atoms with Crippen molar-refractivity contribution in [3.05, 3.63) is 91.1 Å². The molecule has 0 fully saturated rings. The molecule has 1 aliphatic rings. The number of rotatable bonds is 8. The van der Waals surface area contributed by atoms with Gasteiger partial charge in [-0.2, -0.15) is 0 Å². The fraction of sp³-hybridized carbons (Fsp3) is 0.333. The maximum absolute atomic E-state index is 13.8. The average Bonchev–Trinajstić information content (AvgIpc) is 3.33. The van der Waals surface area contributed by atoms with Crippen LogP contribution in [0.4, 0.5) is 0 Å². The third kappa shape index (κ3) is 5.72. The van der Waals surface area contributed by atoms with Crippen LogP contribution in [0.15, 0.2) is 53.9 Å². The molecule has 1 aromatic heterocycles. The average molecular weight is 532 g/mol. The second-order valence-corrected chi connectivity index (χ2v) is 10.4. The lowest BCUT2D eigenvalue weighted by molar-refractivity contribution is -0.134. The van der Waals surface area contributed by atoms with Gasteiger partial charge in [-0.05, 0) is 66.1 Å². The summed E-state index contributed by atoms with van der Waals surface area (Å²) < 4.78 is 5.18. The number of halogens is 2. The van der Waals surface area contributed by atoms with Crippen LogP contribution < -0.4 is 0 Å². The molecule has 1 atom stereocenters. The van der Waals surface area contributed by atoms with Gasteiger partial charge in [0.15, 0.2) is 0 Å². The van der Waals surface area contributed by atoms with Crippen molar-refractivity contribution in [1.29, 1.82) is 0 Å². The first-order valence-corrected chi connectivity index (χ1v) is 13.2. The normalized spacial score (nSPS) is 15.1. The number of methoxy groups -OCH3 is 1. The van der Waals surface area contributed by atoms with Gasteiger partial charge in [0.05, 0.1) is 16.1 Å². The molecule has 0 saturated carbocycles. The molecule has 0 saturated heterocycles. The van der Waals surface area contributed by atoms with Gasteiger partial charge in [-0.1, -0.05) is 47.5 Å². The zero-order chi connectivity index (χ0) is 24.9. The van der Waals surface area contributed by atoms with Gasteiger partial charge in [0.25, 0.3) is 5.91 Å². The van der Waals surface area contributed by atoms with Crippen molar-refractivity contribution < 1.29 is 14.3 Å². The number of ether oxygens (including phenoxy) is 1. The van der Waals surface area contributed by atoms with Gasteiger partial charge < -0.3 is 14.5 Å². The smallest absolute Gasteiger partial charge is 0.254 e. The van der Waals surface area contributed by atoms with Gasteiger partial charge >= 0.3 is 0 Å². The van der Waals surface area contributed by atoms with Crippen LogP contribution in [0.1, 0.15) is 44.4 Å². The van der Waals surface area contributed by atoms with E-state index in [1.54, 1.807) is 41.5 Å². The minimum absolute atomic E-state index is 0.0232. The Balaban J connectivity index is 1.62. The third-order valence-corrected chi connectivity index (χ3v) is 8.06. The Morgan fingerprint density at radius 2 is 1.91 bits per heavy atom. The van der Waals surface area contributed by atoms with Crippen molar-refractivity contribution in [3.8, 4) is 0 Å². The van der Waals surface area contributed by atoms with Crippen LogP contribution in [-0.2, 0) is 16.0 Å². The Hall–Kier alpha value is -2.38. The zero-order valence-electron chi connectivity index (χ0n) is 19.8. The molecule has 0 spiro atoms. The van der Waals surface area contributed by atoms with Crippen molar-refractivity contribution in [1.82, 2.24) is 9.80 Å². The van der Waals surface area contributed by atoms with Gasteiger partial charge in [-0.25, -0.2) is 0 Å². The van der Waals surface area contributed by atoms with Gasteiger partial charge in [0.1, 0.15) is 6.54 Å². The van der Waals surface area contributed by atoms with E-state index in [0.717, 1.165) is 17.5 Å². The minimum Gasteiger partial charge on any atom is -0.385 e. The number of aryl methyl sites for hydroxylation is 1. The van der Waals surface area contributed by atoms with Crippen molar-refractivity contribution in [3.63, 3.8) is 0 Å². The van der Waals surface area contributed by atoms with E-state index in [1.807, 2.05) is 17.0 Å². The van der Waals surface area contributed by atoms with Crippen LogP contribution >= 0.6 is 34.5 Å². The topological polar surface area (TPSA) is 49.9 Å². The molecule has 184 valence electrons. The zero-order valence-corrected chi connectivity index (χ0v) is 22.1. The van der Waals surface area contributed by atoms with Crippen LogP contribution in [0.3, 0.4) is 0 Å². The van der Waals surface area contributed by atoms with Crippen molar-refractivity contribution in [2.45, 2.75) is 25.8 Å². The molecular formula is C27H28Cl2N2O3S. The van der Waals surface area contributed by atoms with Crippen LogP contribution in [0.25, 0.3) is 0 Å².